The Labute approximate surface area is 561 Å². The molecule has 0 spiro atoms. The normalized spacial score (nSPS) is 48.3. The molecule has 0 aromatic carbocycles. The number of aliphatic hydroxyl groups excluding tert-OH is 21. The topological polar surface area (TPSA) is 680 Å². The molecule has 44 heteroatoms. The molecule has 8 saturated heterocycles. The molecule has 0 unspecified atom stereocenters. The summed E-state index contributed by atoms with van der Waals surface area (Å²) >= 11 is 0. The van der Waals surface area contributed by atoms with Crippen molar-refractivity contribution in [2.75, 3.05) is 52.9 Å². The molecule has 4 amide bonds. The fourth-order valence-electron chi connectivity index (χ4n) is 12.7. The van der Waals surface area contributed by atoms with Gasteiger partial charge in [0.25, 0.3) is 0 Å². The van der Waals surface area contributed by atoms with Gasteiger partial charge < -0.3 is 200 Å². The molecule has 0 bridgehead atoms. The third-order valence-electron chi connectivity index (χ3n) is 17.9. The Morgan fingerprint density at radius 1 is 0.303 bits per heavy atom. The average Bonchev–Trinajstić information content (AvgIpc) is 0.769. The quantitative estimate of drug-likeness (QED) is 0.0404. The Hall–Kier alpha value is -3.56. The van der Waals surface area contributed by atoms with Crippen molar-refractivity contribution in [2.45, 2.75) is 267 Å². The highest BCUT2D eigenvalue weighted by molar-refractivity contribution is 5.74. The summed E-state index contributed by atoms with van der Waals surface area (Å²) in [5.41, 5.74) is 0. The van der Waals surface area contributed by atoms with Gasteiger partial charge in [-0.05, 0) is 0 Å². The third-order valence-corrected chi connectivity index (χ3v) is 17.9. The Kier molecular flexibility index (Phi) is 29.1. The van der Waals surface area contributed by atoms with E-state index in [0.717, 1.165) is 27.7 Å². The van der Waals surface area contributed by atoms with Crippen LogP contribution in [0.4, 0.5) is 0 Å². The lowest BCUT2D eigenvalue weighted by molar-refractivity contribution is -0.411. The van der Waals surface area contributed by atoms with Crippen LogP contribution in [-0.4, -0.2) is 423 Å². The maximum atomic E-state index is 13.1. The molecule has 8 heterocycles. The molecule has 0 saturated carbocycles. The third kappa shape index (κ3) is 18.2. The highest BCUT2D eigenvalue weighted by Gasteiger charge is 2.60. The molecule has 0 aliphatic carbocycles. The van der Waals surface area contributed by atoms with Crippen LogP contribution >= 0.6 is 0 Å². The second-order valence-corrected chi connectivity index (χ2v) is 24.9. The van der Waals surface area contributed by atoms with E-state index >= 15 is 0 Å². The van der Waals surface area contributed by atoms with E-state index in [1.54, 1.807) is 0 Å². The number of rotatable bonds is 25. The van der Waals surface area contributed by atoms with Gasteiger partial charge in [-0.1, -0.05) is 0 Å². The van der Waals surface area contributed by atoms with E-state index in [2.05, 4.69) is 21.3 Å². The molecule has 8 aliphatic heterocycles. The van der Waals surface area contributed by atoms with Crippen LogP contribution < -0.4 is 21.3 Å². The molecule has 0 aromatic heterocycles. The van der Waals surface area contributed by atoms with E-state index < -0.39 is 316 Å². The summed E-state index contributed by atoms with van der Waals surface area (Å²) < 4.78 is 90.2. The van der Waals surface area contributed by atoms with Crippen molar-refractivity contribution in [3.05, 3.63) is 0 Å². The second-order valence-electron chi connectivity index (χ2n) is 24.9. The van der Waals surface area contributed by atoms with Crippen LogP contribution in [0.3, 0.4) is 0 Å². The molecule has 8 rings (SSSR count). The number of nitrogens with one attached hydrogen (secondary N) is 4. The molecule has 39 atom stereocenters. The van der Waals surface area contributed by atoms with Crippen LogP contribution in [0, 0.1) is 0 Å². The van der Waals surface area contributed by atoms with Crippen LogP contribution in [0.25, 0.3) is 0 Å². The lowest BCUT2D eigenvalue weighted by Gasteiger charge is -2.52. The van der Waals surface area contributed by atoms with E-state index in [-0.39, 0.29) is 0 Å². The summed E-state index contributed by atoms with van der Waals surface area (Å²) in [6.07, 6.45) is -72.6. The molecule has 0 radical (unpaired) electrons. The van der Waals surface area contributed by atoms with E-state index in [0.29, 0.717) is 0 Å². The minimum Gasteiger partial charge on any atom is -0.394 e. The predicted molar refractivity (Wildman–Crippen MR) is 305 cm³/mol. The molecule has 25 N–H and O–H groups in total. The van der Waals surface area contributed by atoms with Gasteiger partial charge in [-0.3, -0.25) is 19.2 Å². The van der Waals surface area contributed by atoms with Gasteiger partial charge in [-0.25, -0.2) is 0 Å². The Balaban J connectivity index is 1.23. The van der Waals surface area contributed by atoms with Crippen LogP contribution in [0.5, 0.6) is 0 Å². The first-order valence-corrected chi connectivity index (χ1v) is 31.5. The van der Waals surface area contributed by atoms with Gasteiger partial charge in [-0.15, -0.1) is 0 Å². The number of carbonyl (C=O) groups is 4. The van der Waals surface area contributed by atoms with E-state index in [1.165, 1.54) is 0 Å². The van der Waals surface area contributed by atoms with Gasteiger partial charge in [0.1, 0.15) is 189 Å². The Bertz CT molecular complexity index is 2590. The van der Waals surface area contributed by atoms with E-state index in [9.17, 15) is 126 Å². The molecule has 44 nitrogen and oxygen atoms in total. The average molecular weight is 1450 g/mol. The van der Waals surface area contributed by atoms with Gasteiger partial charge >= 0.3 is 0 Å². The molecule has 8 fully saturated rings. The largest absolute Gasteiger partial charge is 0.394 e. The van der Waals surface area contributed by atoms with Crippen LogP contribution in [0.15, 0.2) is 0 Å². The Morgan fingerprint density at radius 3 is 1.08 bits per heavy atom. The zero-order chi connectivity index (χ0) is 72.9. The maximum Gasteiger partial charge on any atom is 0.217 e. The van der Waals surface area contributed by atoms with Crippen molar-refractivity contribution >= 4 is 23.6 Å². The second kappa shape index (κ2) is 35.5. The van der Waals surface area contributed by atoms with Gasteiger partial charge in [-0.2, -0.15) is 0 Å². The van der Waals surface area contributed by atoms with Crippen molar-refractivity contribution < 1.29 is 197 Å². The fraction of sp³-hybridized carbons (Fsp3) is 0.927. The number of hydrogen-bond donors (Lipinski definition) is 25. The summed E-state index contributed by atoms with van der Waals surface area (Å²) in [7, 11) is 0. The van der Waals surface area contributed by atoms with Crippen molar-refractivity contribution in [1.29, 1.82) is 0 Å². The lowest BCUT2D eigenvalue weighted by atomic mass is 9.93. The molecular formula is C55H92N4O40. The minimum atomic E-state index is -2.46. The monoisotopic (exact) mass is 1450 g/mol. The zero-order valence-corrected chi connectivity index (χ0v) is 53.3. The summed E-state index contributed by atoms with van der Waals surface area (Å²) in [6, 6.07) is -7.11. The van der Waals surface area contributed by atoms with Crippen LogP contribution in [-0.2, 0) is 90.2 Å². The first-order valence-electron chi connectivity index (χ1n) is 31.5. The lowest BCUT2D eigenvalue weighted by Crippen LogP contribution is -2.71. The molecule has 0 aromatic rings. The first-order chi connectivity index (χ1) is 46.8. The summed E-state index contributed by atoms with van der Waals surface area (Å²) in [5, 5.41) is 242. The highest BCUT2D eigenvalue weighted by atomic mass is 16.8. The van der Waals surface area contributed by atoms with Gasteiger partial charge in [0.15, 0.2) is 50.3 Å². The van der Waals surface area contributed by atoms with Gasteiger partial charge in [0.05, 0.1) is 52.9 Å². The number of aliphatic hydroxyl groups is 21. The summed E-state index contributed by atoms with van der Waals surface area (Å²) in [5.74, 6) is -3.43. The number of carbonyl (C=O) groups excluding carboxylic acids is 4. The molecule has 99 heavy (non-hydrogen) atoms. The van der Waals surface area contributed by atoms with Crippen molar-refractivity contribution in [3.63, 3.8) is 0 Å². The smallest absolute Gasteiger partial charge is 0.217 e. The van der Waals surface area contributed by atoms with Gasteiger partial charge in [0, 0.05) is 27.7 Å². The first kappa shape index (κ1) is 81.1. The standard InChI is InChI=1S/C55H92N4O40/c1-13(66)56-25-37(79)42(22(9-64)87-48(25)84)94-51-28(59-16(4)69)38(80)43(23(10-65)92-51)95-55-47(99-52-41(83)29(71)17(70)11-85-52)44(96-54-46(40(82)33(75)21(8-63)91-54)98-50-27(58-15(3)68)36(78)31(73)19(6-61)89-50)34(76)24(93-55)12-86-53-45(39(81)32(74)20(7-62)90-53)97-49-26(57-14(2)67)35(77)30(72)18(5-60)88-49/h17-55,60-65,70-84H,5-12H2,1-4H3,(H,56,66)(H,57,67)(H,58,68)(H,59,69)/t17-,18-,19-,20-,21-,22-,23-,24-,25-,26-,27-,28-,29+,30-,31-,32-,33-,34-,35-,36-,37-,38-,39+,40+,41-,42-,43-,44+,45+,46+,47+,48-,49+,50+,51+,52+,53+,54-,55+/m1/s1. The van der Waals surface area contributed by atoms with Crippen molar-refractivity contribution in [1.82, 2.24) is 21.3 Å². The number of ether oxygens (including phenoxy) is 15. The molecular weight excluding hydrogens is 1360 g/mol. The van der Waals surface area contributed by atoms with Crippen LogP contribution in [0.2, 0.25) is 0 Å². The van der Waals surface area contributed by atoms with Crippen LogP contribution in [0.1, 0.15) is 27.7 Å². The van der Waals surface area contributed by atoms with Crippen molar-refractivity contribution in [3.8, 4) is 0 Å². The highest BCUT2D eigenvalue weighted by Crippen LogP contribution is 2.40. The molecule has 8 aliphatic rings. The van der Waals surface area contributed by atoms with E-state index in [4.69, 9.17) is 71.1 Å². The number of amides is 4. The number of hydrogen-bond acceptors (Lipinski definition) is 40. The molecule has 572 valence electrons. The zero-order valence-electron chi connectivity index (χ0n) is 53.3. The van der Waals surface area contributed by atoms with Gasteiger partial charge in [0.2, 0.25) is 23.6 Å². The Morgan fingerprint density at radius 2 is 0.626 bits per heavy atom. The van der Waals surface area contributed by atoms with E-state index in [1.807, 2.05) is 0 Å². The SMILES string of the molecule is CC(=O)N[C@@H]1[C@@H](O)[C@H](O[C@@H]2O[C@H](CO)[C@@H](O[C@@H]3O[C@H](CO[C@H]4O[C@H](CO)[C@@H](O)[C@H](O)[C@@H]4O[C@@H]4O[C@H](CO)[C@@H](O)[C@H](O)[C@H]4NC(C)=O)[C@@H](O)[C@H](O[C@H]4O[C@H](CO)[C@@H](O)[C@H](O)[C@@H]4O[C@@H]4O[C@H](CO)[C@@H](O)[C@H](O)[C@H]4NC(C)=O)[C@@H]3O[C@@H]3OC[C@@H](O)[C@H](O)[C@H]3O)[C@H](O)[C@H]2NC(C)=O)[C@@H](CO)O[C@H]1O. The predicted octanol–water partition coefficient (Wildman–Crippen LogP) is -17.2. The fourth-order valence-corrected chi connectivity index (χ4v) is 12.7. The summed E-state index contributed by atoms with van der Waals surface area (Å²) in [4.78, 5) is 50.2. The minimum absolute atomic E-state index is 0.781. The maximum absolute atomic E-state index is 13.1. The summed E-state index contributed by atoms with van der Waals surface area (Å²) in [6.45, 7) is -4.45. The van der Waals surface area contributed by atoms with Crippen molar-refractivity contribution in [2.24, 2.45) is 0 Å².